The van der Waals surface area contributed by atoms with Gasteiger partial charge in [0.2, 0.25) is 0 Å². The van der Waals surface area contributed by atoms with Crippen molar-refractivity contribution in [1.82, 2.24) is 0 Å². The highest BCUT2D eigenvalue weighted by Crippen LogP contribution is 2.38. The number of hydrogen-bond donors (Lipinski definition) is 1. The fourth-order valence-corrected chi connectivity index (χ4v) is 1.70. The summed E-state index contributed by atoms with van der Waals surface area (Å²) in [5.74, 6) is -1.37. The van der Waals surface area contributed by atoms with Crippen LogP contribution in [0.4, 0.5) is 0 Å². The van der Waals surface area contributed by atoms with E-state index in [9.17, 15) is 9.90 Å². The second kappa shape index (κ2) is 2.85. The number of carboxylic acid groups (broad SMARTS) is 1. The molecule has 0 aromatic heterocycles. The Kier molecular flexibility index (Phi) is 1.05. The minimum absolute atomic E-state index is 0.0190. The largest absolute Gasteiger partial charge is 0.480 e. The lowest BCUT2D eigenvalue weighted by Gasteiger charge is -2.15. The number of carboxylic acids is 1. The Balaban J connectivity index is 2.88. The molecule has 2 rings (SSSR count). The average Bonchev–Trinajstić information content (AvgIpc) is 2.74. The Morgan fingerprint density at radius 2 is 2.36 bits per heavy atom. The summed E-state index contributed by atoms with van der Waals surface area (Å²) in [6, 6.07) is 0.141. The van der Waals surface area contributed by atoms with Gasteiger partial charge in [-0.25, -0.2) is 0 Å². The lowest BCUT2D eigenvalue weighted by atomic mass is 9.84. The SMILES string of the molecule is [2H]c1c([2H])c([2H])c2c(c1[2H])CCC2(C#N)C(=O)O. The van der Waals surface area contributed by atoms with Crippen LogP contribution < -0.4 is 0 Å². The van der Waals surface area contributed by atoms with Crippen molar-refractivity contribution >= 4 is 5.97 Å². The molecule has 1 unspecified atom stereocenters. The highest BCUT2D eigenvalue weighted by molar-refractivity contribution is 5.86. The molecule has 0 radical (unpaired) electrons. The maximum atomic E-state index is 11.3. The topological polar surface area (TPSA) is 61.1 Å². The van der Waals surface area contributed by atoms with Gasteiger partial charge in [0.25, 0.3) is 0 Å². The Labute approximate surface area is 87.2 Å². The molecule has 0 spiro atoms. The summed E-state index contributed by atoms with van der Waals surface area (Å²) in [4.78, 5) is 11.3. The van der Waals surface area contributed by atoms with Gasteiger partial charge in [0, 0.05) is 0 Å². The maximum absolute atomic E-state index is 11.3. The van der Waals surface area contributed by atoms with E-state index < -0.39 is 29.5 Å². The van der Waals surface area contributed by atoms with Crippen LogP contribution >= 0.6 is 0 Å². The van der Waals surface area contributed by atoms with Crippen molar-refractivity contribution in [2.45, 2.75) is 18.3 Å². The van der Waals surface area contributed by atoms with E-state index in [2.05, 4.69) is 0 Å². The van der Waals surface area contributed by atoms with Gasteiger partial charge in [-0.1, -0.05) is 24.2 Å². The van der Waals surface area contributed by atoms with Gasteiger partial charge in [0.05, 0.1) is 11.6 Å². The molecule has 3 heteroatoms. The molecule has 1 atom stereocenters. The summed E-state index contributed by atoms with van der Waals surface area (Å²) in [5.41, 5.74) is -1.69. The number of benzene rings is 1. The number of rotatable bonds is 1. The molecule has 1 aromatic rings. The zero-order valence-electron chi connectivity index (χ0n) is 11.2. The summed E-state index contributed by atoms with van der Waals surface area (Å²) in [6.45, 7) is 0. The van der Waals surface area contributed by atoms with Crippen LogP contribution in [0.25, 0.3) is 0 Å². The summed E-state index contributed by atoms with van der Waals surface area (Å²) < 4.78 is 30.5. The molecule has 3 nitrogen and oxygen atoms in total. The molecule has 1 aliphatic carbocycles. The third-order valence-electron chi connectivity index (χ3n) is 2.50. The fraction of sp³-hybridized carbons (Fsp3) is 0.273. The minimum Gasteiger partial charge on any atom is -0.480 e. The van der Waals surface area contributed by atoms with Gasteiger partial charge in [0.15, 0.2) is 5.41 Å². The van der Waals surface area contributed by atoms with Crippen molar-refractivity contribution in [2.75, 3.05) is 0 Å². The van der Waals surface area contributed by atoms with Gasteiger partial charge in [-0.05, 0) is 24.0 Å². The Morgan fingerprint density at radius 1 is 1.64 bits per heavy atom. The minimum atomic E-state index is -1.86. The molecule has 0 aliphatic heterocycles. The van der Waals surface area contributed by atoms with Gasteiger partial charge in [0.1, 0.15) is 0 Å². The molecule has 0 fully saturated rings. The number of nitrogens with zero attached hydrogens (tertiary/aromatic N) is 1. The lowest BCUT2D eigenvalue weighted by Crippen LogP contribution is -2.31. The second-order valence-corrected chi connectivity index (χ2v) is 3.18. The van der Waals surface area contributed by atoms with Crippen LogP contribution in [-0.4, -0.2) is 11.1 Å². The van der Waals surface area contributed by atoms with Crippen molar-refractivity contribution in [3.8, 4) is 6.07 Å². The van der Waals surface area contributed by atoms with Crippen LogP contribution in [0.5, 0.6) is 0 Å². The number of hydrogen-bond acceptors (Lipinski definition) is 2. The molecule has 0 saturated heterocycles. The first kappa shape index (κ1) is 5.16. The molecule has 70 valence electrons. The molecular weight excluding hydrogens is 178 g/mol. The second-order valence-electron chi connectivity index (χ2n) is 3.18. The monoisotopic (exact) mass is 191 g/mol. The Bertz CT molecular complexity index is 608. The van der Waals surface area contributed by atoms with Crippen molar-refractivity contribution in [3.63, 3.8) is 0 Å². The van der Waals surface area contributed by atoms with Gasteiger partial charge >= 0.3 is 5.97 Å². The normalized spacial score (nSPS) is 27.9. The van der Waals surface area contributed by atoms with Crippen LogP contribution in [0.2, 0.25) is 0 Å². The number of nitriles is 1. The van der Waals surface area contributed by atoms with Gasteiger partial charge in [-0.15, -0.1) is 0 Å². The van der Waals surface area contributed by atoms with E-state index in [1.54, 1.807) is 6.07 Å². The first-order valence-corrected chi connectivity index (χ1v) is 4.11. The van der Waals surface area contributed by atoms with Crippen molar-refractivity contribution in [1.29, 1.82) is 5.26 Å². The summed E-state index contributed by atoms with van der Waals surface area (Å²) >= 11 is 0. The summed E-state index contributed by atoms with van der Waals surface area (Å²) in [6.07, 6.45) is 0.154. The van der Waals surface area contributed by atoms with Crippen LogP contribution in [0.1, 0.15) is 23.0 Å². The van der Waals surface area contributed by atoms with E-state index in [-0.39, 0.29) is 30.0 Å². The zero-order chi connectivity index (χ0) is 13.7. The van der Waals surface area contributed by atoms with E-state index in [1.807, 2.05) is 0 Å². The molecule has 0 bridgehead atoms. The summed E-state index contributed by atoms with van der Waals surface area (Å²) in [7, 11) is 0. The average molecular weight is 191 g/mol. The highest BCUT2D eigenvalue weighted by Gasteiger charge is 2.45. The standard InChI is InChI=1S/C11H9NO2/c12-7-11(10(13)14)6-5-8-3-1-2-4-9(8)11/h1-4H,5-6H2,(H,13,14)/i1D,2D,3D,4D. The quantitative estimate of drug-likeness (QED) is 0.731. The molecule has 1 aromatic carbocycles. The van der Waals surface area contributed by atoms with Gasteiger partial charge < -0.3 is 5.11 Å². The maximum Gasteiger partial charge on any atom is 0.328 e. The first-order valence-electron chi connectivity index (χ1n) is 6.11. The van der Waals surface area contributed by atoms with Crippen molar-refractivity contribution < 1.29 is 15.4 Å². The Morgan fingerprint density at radius 3 is 3.00 bits per heavy atom. The molecular formula is C11H9NO2. The molecule has 1 N–H and O–H groups in total. The van der Waals surface area contributed by atoms with Gasteiger partial charge in [-0.2, -0.15) is 5.26 Å². The Hall–Kier alpha value is -1.82. The molecule has 0 amide bonds. The number of aliphatic carboxylic acids is 1. The fourth-order valence-electron chi connectivity index (χ4n) is 1.70. The van der Waals surface area contributed by atoms with E-state index in [4.69, 9.17) is 10.7 Å². The molecule has 14 heavy (non-hydrogen) atoms. The third-order valence-corrected chi connectivity index (χ3v) is 2.50. The smallest absolute Gasteiger partial charge is 0.328 e. The van der Waals surface area contributed by atoms with Crippen molar-refractivity contribution in [3.05, 3.63) is 35.3 Å². The van der Waals surface area contributed by atoms with Crippen LogP contribution in [0.3, 0.4) is 0 Å². The van der Waals surface area contributed by atoms with E-state index in [0.717, 1.165) is 0 Å². The van der Waals surface area contributed by atoms with E-state index in [0.29, 0.717) is 0 Å². The van der Waals surface area contributed by atoms with Crippen LogP contribution in [-0.2, 0) is 16.6 Å². The van der Waals surface area contributed by atoms with Crippen molar-refractivity contribution in [2.24, 2.45) is 0 Å². The number of fused-ring (bicyclic) bond motifs is 1. The highest BCUT2D eigenvalue weighted by atomic mass is 16.4. The van der Waals surface area contributed by atoms with Crippen LogP contribution in [0, 0.1) is 11.3 Å². The van der Waals surface area contributed by atoms with Crippen LogP contribution in [0.15, 0.2) is 24.2 Å². The van der Waals surface area contributed by atoms with E-state index >= 15 is 0 Å². The van der Waals surface area contributed by atoms with E-state index in [1.165, 1.54) is 0 Å². The predicted molar refractivity (Wildman–Crippen MR) is 49.7 cm³/mol. The predicted octanol–water partition coefficient (Wildman–Crippen LogP) is 1.48. The first-order chi connectivity index (χ1) is 8.36. The molecule has 1 aliphatic rings. The lowest BCUT2D eigenvalue weighted by molar-refractivity contribution is -0.141. The van der Waals surface area contributed by atoms with Gasteiger partial charge in [-0.3, -0.25) is 4.79 Å². The molecule has 0 saturated carbocycles. The third kappa shape index (κ3) is 0.942. The number of carbonyl (C=O) groups is 1. The summed E-state index contributed by atoms with van der Waals surface area (Å²) in [5, 5.41) is 18.3. The molecule has 0 heterocycles. The zero-order valence-corrected chi connectivity index (χ0v) is 7.22.